The molecule has 4 nitrogen and oxygen atoms in total. The molecule has 18 heavy (non-hydrogen) atoms. The zero-order chi connectivity index (χ0) is 12.5. The fourth-order valence-electron chi connectivity index (χ4n) is 2.47. The predicted octanol–water partition coefficient (Wildman–Crippen LogP) is 2.33. The molecular weight excluding hydrogens is 228 g/mol. The van der Waals surface area contributed by atoms with Crippen molar-refractivity contribution >= 4 is 5.78 Å². The van der Waals surface area contributed by atoms with Crippen LogP contribution in [0.25, 0.3) is 0 Å². The predicted molar refractivity (Wildman–Crippen MR) is 67.0 cm³/mol. The average molecular weight is 242 g/mol. The van der Waals surface area contributed by atoms with Crippen LogP contribution in [0.15, 0.2) is 30.5 Å². The van der Waals surface area contributed by atoms with Crippen LogP contribution in [0.3, 0.4) is 0 Å². The first kappa shape index (κ1) is 11.0. The second-order valence-corrected chi connectivity index (χ2v) is 4.56. The molecule has 0 radical (unpaired) electrons. The van der Waals surface area contributed by atoms with E-state index in [9.17, 15) is 4.79 Å². The number of ketones is 1. The van der Waals surface area contributed by atoms with E-state index in [0.29, 0.717) is 6.42 Å². The Labute approximate surface area is 105 Å². The van der Waals surface area contributed by atoms with E-state index in [0.717, 1.165) is 23.4 Å². The van der Waals surface area contributed by atoms with Gasteiger partial charge < -0.3 is 4.74 Å². The van der Waals surface area contributed by atoms with E-state index in [4.69, 9.17) is 4.74 Å². The number of methoxy groups -OCH3 is 1. The Balaban J connectivity index is 1.88. The normalized spacial score (nSPS) is 18.5. The number of hydrogen-bond acceptors (Lipinski definition) is 3. The van der Waals surface area contributed by atoms with E-state index in [1.54, 1.807) is 13.3 Å². The monoisotopic (exact) mass is 242 g/mol. The molecule has 0 bridgehead atoms. The Bertz CT molecular complexity index is 572. The maximum absolute atomic E-state index is 12.0. The first-order valence-electron chi connectivity index (χ1n) is 5.97. The molecule has 2 aromatic rings. The lowest BCUT2D eigenvalue weighted by Crippen LogP contribution is -2.17. The zero-order valence-electron chi connectivity index (χ0n) is 10.1. The first-order chi connectivity index (χ1) is 8.78. The van der Waals surface area contributed by atoms with Gasteiger partial charge in [-0.25, -0.2) is 0 Å². The van der Waals surface area contributed by atoms with Gasteiger partial charge >= 0.3 is 0 Å². The molecule has 0 aliphatic heterocycles. The zero-order valence-corrected chi connectivity index (χ0v) is 10.1. The van der Waals surface area contributed by atoms with Gasteiger partial charge in [-0.2, -0.15) is 5.10 Å². The van der Waals surface area contributed by atoms with Gasteiger partial charge in [0.1, 0.15) is 5.75 Å². The molecule has 1 unspecified atom stereocenters. The van der Waals surface area contributed by atoms with Gasteiger partial charge in [0.15, 0.2) is 5.78 Å². The summed E-state index contributed by atoms with van der Waals surface area (Å²) in [7, 11) is 1.65. The second kappa shape index (κ2) is 4.29. The number of aromatic amines is 1. The molecule has 1 aromatic carbocycles. The lowest BCUT2D eigenvalue weighted by molar-refractivity contribution is 0.0964. The van der Waals surface area contributed by atoms with E-state index >= 15 is 0 Å². The van der Waals surface area contributed by atoms with Crippen LogP contribution >= 0.6 is 0 Å². The van der Waals surface area contributed by atoms with E-state index < -0.39 is 0 Å². The van der Waals surface area contributed by atoms with Gasteiger partial charge in [0.25, 0.3) is 0 Å². The van der Waals surface area contributed by atoms with Gasteiger partial charge in [0.05, 0.1) is 18.9 Å². The summed E-state index contributed by atoms with van der Waals surface area (Å²) in [5.41, 5.74) is 2.87. The van der Waals surface area contributed by atoms with Crippen LogP contribution in [0.2, 0.25) is 0 Å². The summed E-state index contributed by atoms with van der Waals surface area (Å²) in [6, 6.07) is 7.92. The maximum Gasteiger partial charge on any atom is 0.166 e. The minimum Gasteiger partial charge on any atom is -0.497 e. The number of nitrogens with one attached hydrogen (secondary N) is 1. The number of aromatic nitrogens is 2. The Hall–Kier alpha value is -2.10. The largest absolute Gasteiger partial charge is 0.497 e. The van der Waals surface area contributed by atoms with Crippen molar-refractivity contribution in [1.82, 2.24) is 10.2 Å². The summed E-state index contributed by atoms with van der Waals surface area (Å²) >= 11 is 0. The number of fused-ring (bicyclic) bond motifs is 1. The molecule has 1 aliphatic carbocycles. The van der Waals surface area contributed by atoms with Crippen molar-refractivity contribution in [1.29, 1.82) is 0 Å². The van der Waals surface area contributed by atoms with Crippen LogP contribution in [-0.4, -0.2) is 23.1 Å². The summed E-state index contributed by atoms with van der Waals surface area (Å²) in [6.07, 6.45) is 3.02. The van der Waals surface area contributed by atoms with Gasteiger partial charge in [0, 0.05) is 12.1 Å². The van der Waals surface area contributed by atoms with Gasteiger partial charge in [-0.15, -0.1) is 0 Å². The molecule has 0 spiro atoms. The number of nitrogens with zero attached hydrogens (tertiary/aromatic N) is 1. The smallest absolute Gasteiger partial charge is 0.166 e. The van der Waals surface area contributed by atoms with E-state index in [1.165, 1.54) is 5.56 Å². The minimum absolute atomic E-state index is 0.172. The molecule has 3 rings (SSSR count). The number of carbonyl (C=O) groups is 1. The van der Waals surface area contributed by atoms with Crippen molar-refractivity contribution in [2.45, 2.75) is 18.8 Å². The maximum atomic E-state index is 12.0. The first-order valence-corrected chi connectivity index (χ1v) is 5.97. The Morgan fingerprint density at radius 2 is 2.06 bits per heavy atom. The molecule has 92 valence electrons. The fourth-order valence-corrected chi connectivity index (χ4v) is 2.47. The molecule has 1 atom stereocenters. The van der Waals surface area contributed by atoms with Crippen LogP contribution < -0.4 is 4.74 Å². The highest BCUT2D eigenvalue weighted by Gasteiger charge is 2.27. The molecule has 1 N–H and O–H groups in total. The third-order valence-electron chi connectivity index (χ3n) is 3.49. The van der Waals surface area contributed by atoms with E-state index in [1.807, 2.05) is 24.3 Å². The highest BCUT2D eigenvalue weighted by molar-refractivity contribution is 5.98. The number of carbonyl (C=O) groups excluding carboxylic acids is 1. The van der Waals surface area contributed by atoms with Crippen LogP contribution in [0.4, 0.5) is 0 Å². The van der Waals surface area contributed by atoms with Crippen molar-refractivity contribution < 1.29 is 9.53 Å². The van der Waals surface area contributed by atoms with Crippen molar-refractivity contribution in [2.24, 2.45) is 0 Å². The summed E-state index contributed by atoms with van der Waals surface area (Å²) in [4.78, 5) is 12.0. The SMILES string of the molecule is COc1ccc(C2CC(=O)c3cn[nH]c3C2)cc1. The van der Waals surface area contributed by atoms with E-state index in [2.05, 4.69) is 10.2 Å². The molecule has 0 saturated carbocycles. The van der Waals surface area contributed by atoms with Crippen LogP contribution in [0, 0.1) is 0 Å². The number of ether oxygens (including phenoxy) is 1. The number of rotatable bonds is 2. The van der Waals surface area contributed by atoms with E-state index in [-0.39, 0.29) is 11.7 Å². The Morgan fingerprint density at radius 1 is 1.28 bits per heavy atom. The molecule has 0 amide bonds. The van der Waals surface area contributed by atoms with Crippen LogP contribution in [-0.2, 0) is 6.42 Å². The van der Waals surface area contributed by atoms with Gasteiger partial charge in [-0.05, 0) is 30.0 Å². The average Bonchev–Trinajstić information content (AvgIpc) is 2.88. The van der Waals surface area contributed by atoms with Crippen molar-refractivity contribution in [3.05, 3.63) is 47.3 Å². The van der Waals surface area contributed by atoms with Crippen molar-refractivity contribution in [2.75, 3.05) is 7.11 Å². The summed E-state index contributed by atoms with van der Waals surface area (Å²) in [5.74, 6) is 1.24. The molecule has 0 fully saturated rings. The number of hydrogen-bond donors (Lipinski definition) is 1. The number of Topliss-reactive ketones (excluding diaryl/α,β-unsaturated/α-hetero) is 1. The lowest BCUT2D eigenvalue weighted by Gasteiger charge is -2.21. The Morgan fingerprint density at radius 3 is 2.78 bits per heavy atom. The van der Waals surface area contributed by atoms with Crippen molar-refractivity contribution in [3.8, 4) is 5.75 Å². The van der Waals surface area contributed by atoms with Crippen molar-refractivity contribution in [3.63, 3.8) is 0 Å². The quantitative estimate of drug-likeness (QED) is 0.879. The summed E-state index contributed by atoms with van der Waals surface area (Å²) in [6.45, 7) is 0. The standard InChI is InChI=1S/C14H14N2O2/c1-18-11-4-2-9(3-5-11)10-6-13-12(8-15-16-13)14(17)7-10/h2-5,8,10H,6-7H2,1H3,(H,15,16). The molecule has 1 heterocycles. The van der Waals surface area contributed by atoms with Crippen LogP contribution in [0.1, 0.15) is 34.0 Å². The highest BCUT2D eigenvalue weighted by Crippen LogP contribution is 2.32. The third kappa shape index (κ3) is 1.79. The molecule has 4 heteroatoms. The number of H-pyrrole nitrogens is 1. The highest BCUT2D eigenvalue weighted by atomic mass is 16.5. The minimum atomic E-state index is 0.172. The third-order valence-corrected chi connectivity index (χ3v) is 3.49. The summed E-state index contributed by atoms with van der Waals surface area (Å²) < 4.78 is 5.14. The Kier molecular flexibility index (Phi) is 2.63. The summed E-state index contributed by atoms with van der Waals surface area (Å²) in [5, 5.41) is 6.86. The van der Waals surface area contributed by atoms with Gasteiger partial charge in [-0.3, -0.25) is 9.89 Å². The number of benzene rings is 1. The molecule has 0 saturated heterocycles. The van der Waals surface area contributed by atoms with Crippen LogP contribution in [0.5, 0.6) is 5.75 Å². The molecule has 1 aliphatic rings. The topological polar surface area (TPSA) is 55.0 Å². The fraction of sp³-hybridized carbons (Fsp3) is 0.286. The molecular formula is C14H14N2O2. The molecule has 1 aromatic heterocycles. The van der Waals surface area contributed by atoms with Gasteiger partial charge in [-0.1, -0.05) is 12.1 Å². The lowest BCUT2D eigenvalue weighted by atomic mass is 9.82. The second-order valence-electron chi connectivity index (χ2n) is 4.56. The van der Waals surface area contributed by atoms with Gasteiger partial charge in [0.2, 0.25) is 0 Å².